The average Bonchev–Trinajstić information content (AvgIpc) is 3.29. The fraction of sp³-hybridized carbons (Fsp3) is 0.346. The largest absolute Gasteiger partial charge is 0.338 e. The number of benzene rings is 2. The number of nitrogens with zero attached hydrogens (tertiary/aromatic N) is 2. The lowest BCUT2D eigenvalue weighted by Crippen LogP contribution is -2.45. The van der Waals surface area contributed by atoms with E-state index in [1.807, 2.05) is 11.3 Å². The summed E-state index contributed by atoms with van der Waals surface area (Å²) in [4.78, 5) is 19.3. The Morgan fingerprint density at radius 1 is 0.867 bits per heavy atom. The molecule has 2 aliphatic heterocycles. The molecule has 0 saturated carbocycles. The molecule has 1 saturated heterocycles. The molecule has 4 heteroatoms. The number of piperidine rings is 1. The Morgan fingerprint density at radius 2 is 1.50 bits per heavy atom. The minimum absolute atomic E-state index is 0.161. The Bertz CT molecular complexity index is 937. The van der Waals surface area contributed by atoms with Gasteiger partial charge in [-0.05, 0) is 60.5 Å². The predicted molar refractivity (Wildman–Crippen MR) is 122 cm³/mol. The second kappa shape index (κ2) is 8.75. The van der Waals surface area contributed by atoms with Crippen LogP contribution in [0.4, 0.5) is 0 Å². The second-order valence-corrected chi connectivity index (χ2v) is 9.41. The Kier molecular flexibility index (Phi) is 5.69. The zero-order chi connectivity index (χ0) is 20.3. The van der Waals surface area contributed by atoms with E-state index < -0.39 is 0 Å². The number of thiophene rings is 1. The SMILES string of the molecule is O=C(C1CCN(C(c2ccccc2)c2ccccc2)CC1)N1CCc2sccc2C1. The Balaban J connectivity index is 1.28. The van der Waals surface area contributed by atoms with Gasteiger partial charge in [0.2, 0.25) is 5.91 Å². The summed E-state index contributed by atoms with van der Waals surface area (Å²) >= 11 is 1.83. The average molecular weight is 417 g/mol. The summed E-state index contributed by atoms with van der Waals surface area (Å²) in [6.07, 6.45) is 2.91. The van der Waals surface area contributed by atoms with Crippen molar-refractivity contribution in [3.05, 3.63) is 93.7 Å². The van der Waals surface area contributed by atoms with Gasteiger partial charge in [-0.25, -0.2) is 0 Å². The molecule has 0 atom stereocenters. The Labute approximate surface area is 183 Å². The maximum absolute atomic E-state index is 13.2. The van der Waals surface area contributed by atoms with Crippen LogP contribution in [0.25, 0.3) is 0 Å². The van der Waals surface area contributed by atoms with Gasteiger partial charge in [-0.15, -0.1) is 11.3 Å². The topological polar surface area (TPSA) is 23.6 Å². The van der Waals surface area contributed by atoms with Crippen molar-refractivity contribution in [3.8, 4) is 0 Å². The molecule has 0 unspecified atom stereocenters. The van der Waals surface area contributed by atoms with Gasteiger partial charge in [-0.2, -0.15) is 0 Å². The lowest BCUT2D eigenvalue weighted by molar-refractivity contribution is -0.138. The first-order valence-electron chi connectivity index (χ1n) is 11.0. The van der Waals surface area contributed by atoms with E-state index in [9.17, 15) is 4.79 Å². The van der Waals surface area contributed by atoms with E-state index in [0.29, 0.717) is 5.91 Å². The van der Waals surface area contributed by atoms with Crippen molar-refractivity contribution in [1.29, 1.82) is 0 Å². The van der Waals surface area contributed by atoms with Crippen LogP contribution in [0.3, 0.4) is 0 Å². The van der Waals surface area contributed by atoms with Gasteiger partial charge in [-0.1, -0.05) is 60.7 Å². The molecule has 1 amide bonds. The first kappa shape index (κ1) is 19.5. The van der Waals surface area contributed by atoms with Crippen LogP contribution in [0.15, 0.2) is 72.1 Å². The number of carbonyl (C=O) groups excluding carboxylic acids is 1. The maximum atomic E-state index is 13.2. The van der Waals surface area contributed by atoms with Crippen LogP contribution >= 0.6 is 11.3 Å². The molecule has 1 fully saturated rings. The summed E-state index contributed by atoms with van der Waals surface area (Å²) in [5.74, 6) is 0.524. The third kappa shape index (κ3) is 3.94. The molecule has 3 aromatic rings. The van der Waals surface area contributed by atoms with E-state index in [1.54, 1.807) is 0 Å². The standard InChI is InChI=1S/C26H28N2OS/c29-26(28-17-13-24-23(19-28)14-18-30-24)22-11-15-27(16-12-22)25(20-7-3-1-4-8-20)21-9-5-2-6-10-21/h1-10,14,18,22,25H,11-13,15-17,19H2. The Morgan fingerprint density at radius 3 is 2.13 bits per heavy atom. The zero-order valence-electron chi connectivity index (χ0n) is 17.2. The summed E-state index contributed by atoms with van der Waals surface area (Å²) in [6, 6.07) is 24.0. The van der Waals surface area contributed by atoms with Crippen LogP contribution in [0.2, 0.25) is 0 Å². The van der Waals surface area contributed by atoms with Crippen molar-refractivity contribution in [3.63, 3.8) is 0 Å². The van der Waals surface area contributed by atoms with Gasteiger partial charge in [0.15, 0.2) is 0 Å². The number of amides is 1. The zero-order valence-corrected chi connectivity index (χ0v) is 18.1. The van der Waals surface area contributed by atoms with Gasteiger partial charge < -0.3 is 4.90 Å². The van der Waals surface area contributed by atoms with Crippen molar-refractivity contribution < 1.29 is 4.79 Å². The highest BCUT2D eigenvalue weighted by Gasteiger charge is 2.33. The number of fused-ring (bicyclic) bond motifs is 1. The summed E-state index contributed by atoms with van der Waals surface area (Å²) in [7, 11) is 0. The van der Waals surface area contributed by atoms with Gasteiger partial charge in [0.05, 0.1) is 6.04 Å². The first-order valence-corrected chi connectivity index (χ1v) is 11.9. The number of hydrogen-bond donors (Lipinski definition) is 0. The van der Waals surface area contributed by atoms with Crippen LogP contribution in [0.5, 0.6) is 0 Å². The van der Waals surface area contributed by atoms with Crippen molar-refractivity contribution >= 4 is 17.2 Å². The van der Waals surface area contributed by atoms with Crippen LogP contribution in [-0.4, -0.2) is 35.3 Å². The molecule has 154 valence electrons. The molecule has 0 radical (unpaired) electrons. The van der Waals surface area contributed by atoms with Gasteiger partial charge in [0, 0.05) is 23.9 Å². The molecule has 30 heavy (non-hydrogen) atoms. The molecular weight excluding hydrogens is 388 g/mol. The van der Waals surface area contributed by atoms with E-state index in [-0.39, 0.29) is 12.0 Å². The molecule has 0 spiro atoms. The highest BCUT2D eigenvalue weighted by atomic mass is 32.1. The minimum Gasteiger partial charge on any atom is -0.338 e. The lowest BCUT2D eigenvalue weighted by atomic mass is 9.90. The van der Waals surface area contributed by atoms with E-state index in [2.05, 4.69) is 81.9 Å². The molecule has 0 bridgehead atoms. The van der Waals surface area contributed by atoms with E-state index in [0.717, 1.165) is 45.4 Å². The van der Waals surface area contributed by atoms with Gasteiger partial charge >= 0.3 is 0 Å². The van der Waals surface area contributed by atoms with Crippen LogP contribution in [0.1, 0.15) is 40.5 Å². The highest BCUT2D eigenvalue weighted by Crippen LogP contribution is 2.33. The van der Waals surface area contributed by atoms with Gasteiger partial charge in [0.1, 0.15) is 0 Å². The fourth-order valence-corrected chi connectivity index (χ4v) is 5.87. The number of hydrogen-bond acceptors (Lipinski definition) is 3. The molecule has 0 N–H and O–H groups in total. The quantitative estimate of drug-likeness (QED) is 0.588. The normalized spacial score (nSPS) is 17.8. The summed E-state index contributed by atoms with van der Waals surface area (Å²) in [5, 5.41) is 2.16. The molecule has 0 aliphatic carbocycles. The molecule has 1 aromatic heterocycles. The maximum Gasteiger partial charge on any atom is 0.226 e. The van der Waals surface area contributed by atoms with E-state index in [1.165, 1.54) is 21.6 Å². The molecule has 3 heterocycles. The fourth-order valence-electron chi connectivity index (χ4n) is 4.98. The molecule has 3 nitrogen and oxygen atoms in total. The van der Waals surface area contributed by atoms with Crippen molar-refractivity contribution in [2.24, 2.45) is 5.92 Å². The molecule has 2 aliphatic rings. The Hall–Kier alpha value is -2.43. The highest BCUT2D eigenvalue weighted by molar-refractivity contribution is 7.10. The van der Waals surface area contributed by atoms with Crippen LogP contribution < -0.4 is 0 Å². The molecular formula is C26H28N2OS. The molecule has 2 aromatic carbocycles. The van der Waals surface area contributed by atoms with E-state index >= 15 is 0 Å². The van der Waals surface area contributed by atoms with Crippen LogP contribution in [-0.2, 0) is 17.8 Å². The minimum atomic E-state index is 0.161. The summed E-state index contributed by atoms with van der Waals surface area (Å²) < 4.78 is 0. The summed E-state index contributed by atoms with van der Waals surface area (Å²) in [5.41, 5.74) is 4.01. The molecule has 5 rings (SSSR count). The summed E-state index contributed by atoms with van der Waals surface area (Å²) in [6.45, 7) is 3.60. The van der Waals surface area contributed by atoms with E-state index in [4.69, 9.17) is 0 Å². The monoisotopic (exact) mass is 416 g/mol. The first-order chi connectivity index (χ1) is 14.8. The van der Waals surface area contributed by atoms with Crippen molar-refractivity contribution in [2.75, 3.05) is 19.6 Å². The number of likely N-dealkylation sites (tertiary alicyclic amines) is 1. The smallest absolute Gasteiger partial charge is 0.226 e. The number of carbonyl (C=O) groups is 1. The van der Waals surface area contributed by atoms with Crippen molar-refractivity contribution in [1.82, 2.24) is 9.80 Å². The van der Waals surface area contributed by atoms with Gasteiger partial charge in [0.25, 0.3) is 0 Å². The third-order valence-corrected chi connectivity index (χ3v) is 7.62. The van der Waals surface area contributed by atoms with Crippen LogP contribution in [0, 0.1) is 5.92 Å². The van der Waals surface area contributed by atoms with Crippen molar-refractivity contribution in [2.45, 2.75) is 31.8 Å². The number of rotatable bonds is 4. The lowest BCUT2D eigenvalue weighted by Gasteiger charge is -2.39. The second-order valence-electron chi connectivity index (χ2n) is 8.41. The van der Waals surface area contributed by atoms with Gasteiger partial charge in [-0.3, -0.25) is 9.69 Å². The predicted octanol–water partition coefficient (Wildman–Crippen LogP) is 5.13. The third-order valence-electron chi connectivity index (χ3n) is 6.59.